The molecule has 0 spiro atoms. The SMILES string of the molecule is CCCCN(CCCC)C(=O)COc1cc2nc(N(CCCC)CCCC)sc2cc1N=[NH2+]. The van der Waals surface area contributed by atoms with Crippen LogP contribution in [0.2, 0.25) is 0 Å². The minimum absolute atomic E-state index is 0.00393. The van der Waals surface area contributed by atoms with Crippen LogP contribution >= 0.6 is 11.3 Å². The van der Waals surface area contributed by atoms with Crippen LogP contribution in [0.15, 0.2) is 17.2 Å². The van der Waals surface area contributed by atoms with Crippen molar-refractivity contribution in [3.8, 4) is 5.75 Å². The van der Waals surface area contributed by atoms with Crippen molar-refractivity contribution in [3.05, 3.63) is 12.1 Å². The maximum atomic E-state index is 12.8. The molecule has 8 heteroatoms. The van der Waals surface area contributed by atoms with E-state index in [0.717, 1.165) is 92.9 Å². The van der Waals surface area contributed by atoms with Gasteiger partial charge in [0.15, 0.2) is 23.2 Å². The molecule has 0 saturated heterocycles. The van der Waals surface area contributed by atoms with Crippen LogP contribution < -0.4 is 15.2 Å². The number of aromatic nitrogens is 1. The van der Waals surface area contributed by atoms with E-state index in [2.05, 4.69) is 37.7 Å². The van der Waals surface area contributed by atoms with Gasteiger partial charge in [-0.2, -0.15) is 5.53 Å². The molecule has 0 bridgehead atoms. The van der Waals surface area contributed by atoms with Crippen LogP contribution in [0.4, 0.5) is 10.8 Å². The number of carbonyl (C=O) groups excluding carboxylic acids is 1. The zero-order valence-corrected chi connectivity index (χ0v) is 21.8. The number of carbonyl (C=O) groups is 1. The van der Waals surface area contributed by atoms with E-state index >= 15 is 0 Å². The minimum atomic E-state index is -0.0163. The highest BCUT2D eigenvalue weighted by molar-refractivity contribution is 7.22. The van der Waals surface area contributed by atoms with Crippen LogP contribution in [-0.4, -0.2) is 48.6 Å². The van der Waals surface area contributed by atoms with Crippen molar-refractivity contribution >= 4 is 38.3 Å². The lowest BCUT2D eigenvalue weighted by molar-refractivity contribution is -0.210. The van der Waals surface area contributed by atoms with Crippen molar-refractivity contribution in [2.24, 2.45) is 5.11 Å². The maximum absolute atomic E-state index is 12.8. The third-order valence-electron chi connectivity index (χ3n) is 5.70. The molecule has 1 heterocycles. The Morgan fingerprint density at radius 2 is 1.55 bits per heavy atom. The molecule has 184 valence electrons. The van der Waals surface area contributed by atoms with Crippen molar-refractivity contribution in [3.63, 3.8) is 0 Å². The fourth-order valence-electron chi connectivity index (χ4n) is 3.57. The maximum Gasteiger partial charge on any atom is 0.260 e. The summed E-state index contributed by atoms with van der Waals surface area (Å²) in [6.07, 6.45) is 8.72. The van der Waals surface area contributed by atoms with Gasteiger partial charge >= 0.3 is 0 Å². The quantitative estimate of drug-likeness (QED) is 0.312. The molecule has 1 amide bonds. The first-order valence-electron chi connectivity index (χ1n) is 12.6. The molecule has 2 aromatic rings. The summed E-state index contributed by atoms with van der Waals surface area (Å²) in [5, 5.41) is 4.93. The Balaban J connectivity index is 2.18. The fourth-order valence-corrected chi connectivity index (χ4v) is 4.61. The first-order valence-corrected chi connectivity index (χ1v) is 13.4. The van der Waals surface area contributed by atoms with E-state index in [0.29, 0.717) is 11.4 Å². The number of hydrogen-bond donors (Lipinski definition) is 1. The van der Waals surface area contributed by atoms with E-state index in [1.807, 2.05) is 17.0 Å². The van der Waals surface area contributed by atoms with E-state index < -0.39 is 0 Å². The first-order chi connectivity index (χ1) is 16.1. The zero-order valence-electron chi connectivity index (χ0n) is 20.9. The van der Waals surface area contributed by atoms with Crippen molar-refractivity contribution < 1.29 is 15.1 Å². The molecular weight excluding hydrogens is 434 g/mol. The number of nitrogens with two attached hydrogens (primary N) is 1. The summed E-state index contributed by atoms with van der Waals surface area (Å²) in [5.41, 5.74) is 7.07. The number of rotatable bonds is 17. The van der Waals surface area contributed by atoms with Gasteiger partial charge in [-0.25, -0.2) is 4.98 Å². The molecule has 0 aliphatic heterocycles. The van der Waals surface area contributed by atoms with Crippen LogP contribution in [0.3, 0.4) is 0 Å². The van der Waals surface area contributed by atoms with Gasteiger partial charge in [0.05, 0.1) is 10.2 Å². The van der Waals surface area contributed by atoms with Crippen molar-refractivity contribution in [1.82, 2.24) is 9.88 Å². The standard InChI is InChI=1S/C25H41N5O2S/c1-5-9-13-29(14-10-6-2)24(31)19-32-22-17-21-23(18-20(22)28-26)33-25(27-21)30(15-11-7-3)16-12-8-4/h17-18,26H,5-16,19H2,1-4H3/p+1. The molecule has 0 unspecified atom stereocenters. The molecule has 2 rings (SSSR count). The lowest BCUT2D eigenvalue weighted by Crippen LogP contribution is -2.36. The molecule has 0 fully saturated rings. The average molecular weight is 477 g/mol. The van der Waals surface area contributed by atoms with E-state index in [9.17, 15) is 4.79 Å². The summed E-state index contributed by atoms with van der Waals surface area (Å²) in [6.45, 7) is 12.2. The summed E-state index contributed by atoms with van der Waals surface area (Å²) >= 11 is 1.66. The molecule has 1 aromatic carbocycles. The van der Waals surface area contributed by atoms with E-state index in [1.165, 1.54) is 0 Å². The summed E-state index contributed by atoms with van der Waals surface area (Å²) in [4.78, 5) is 22.0. The van der Waals surface area contributed by atoms with Gasteiger partial charge in [0.1, 0.15) is 0 Å². The molecule has 0 saturated carbocycles. The van der Waals surface area contributed by atoms with Gasteiger partial charge in [0.2, 0.25) is 0 Å². The lowest BCUT2D eigenvalue weighted by Gasteiger charge is -2.22. The number of fused-ring (bicyclic) bond motifs is 1. The van der Waals surface area contributed by atoms with Gasteiger partial charge in [-0.3, -0.25) is 4.79 Å². The second kappa shape index (κ2) is 14.8. The molecule has 2 N–H and O–H groups in total. The molecule has 0 aliphatic carbocycles. The number of unbranched alkanes of at least 4 members (excludes halogenated alkanes) is 4. The number of anilines is 1. The predicted molar refractivity (Wildman–Crippen MR) is 138 cm³/mol. The molecule has 0 atom stereocenters. The number of amides is 1. The number of nitrogens with zero attached hydrogens (tertiary/aromatic N) is 4. The van der Waals surface area contributed by atoms with Crippen molar-refractivity contribution in [1.29, 1.82) is 0 Å². The third-order valence-corrected chi connectivity index (χ3v) is 6.78. The highest BCUT2D eigenvalue weighted by Gasteiger charge is 2.18. The van der Waals surface area contributed by atoms with E-state index in [4.69, 9.17) is 15.3 Å². The Labute approximate surface area is 203 Å². The highest BCUT2D eigenvalue weighted by Crippen LogP contribution is 2.37. The van der Waals surface area contributed by atoms with Crippen molar-refractivity contribution in [2.75, 3.05) is 37.7 Å². The number of ether oxygens (including phenoxy) is 1. The van der Waals surface area contributed by atoms with Gasteiger partial charge in [-0.1, -0.05) is 64.7 Å². The normalized spacial score (nSPS) is 11.0. The van der Waals surface area contributed by atoms with Gasteiger partial charge in [-0.05, 0) is 36.9 Å². The van der Waals surface area contributed by atoms with Crippen LogP contribution in [0.25, 0.3) is 10.2 Å². The number of hydrogen-bond acceptors (Lipinski definition) is 6. The average Bonchev–Trinajstić information content (AvgIpc) is 3.24. The van der Waals surface area contributed by atoms with Crippen LogP contribution in [0.5, 0.6) is 5.75 Å². The van der Waals surface area contributed by atoms with Crippen molar-refractivity contribution in [2.45, 2.75) is 79.1 Å². The third kappa shape index (κ3) is 8.25. The van der Waals surface area contributed by atoms with Gasteiger partial charge in [0.25, 0.3) is 5.91 Å². The molecule has 7 nitrogen and oxygen atoms in total. The van der Waals surface area contributed by atoms with Crippen LogP contribution in [0, 0.1) is 0 Å². The summed E-state index contributed by atoms with van der Waals surface area (Å²) in [6, 6.07) is 3.79. The molecule has 33 heavy (non-hydrogen) atoms. The Kier molecular flexibility index (Phi) is 12.1. The van der Waals surface area contributed by atoms with Gasteiger partial charge in [0, 0.05) is 32.2 Å². The Hall–Kier alpha value is -2.22. The topological polar surface area (TPSA) is 83.6 Å². The summed E-state index contributed by atoms with van der Waals surface area (Å²) < 4.78 is 6.95. The molecule has 0 aliphatic rings. The fraction of sp³-hybridized carbons (Fsp3) is 0.680. The molecular formula is C25H42N5O2S+. The number of benzene rings is 1. The van der Waals surface area contributed by atoms with E-state index in [1.54, 1.807) is 11.3 Å². The van der Waals surface area contributed by atoms with Crippen LogP contribution in [-0.2, 0) is 4.79 Å². The van der Waals surface area contributed by atoms with E-state index in [-0.39, 0.29) is 12.5 Å². The second-order valence-electron chi connectivity index (χ2n) is 8.48. The first kappa shape index (κ1) is 27.0. The highest BCUT2D eigenvalue weighted by atomic mass is 32.1. The minimum Gasteiger partial charge on any atom is -0.481 e. The number of thiazole rings is 1. The predicted octanol–water partition coefficient (Wildman–Crippen LogP) is 5.35. The smallest absolute Gasteiger partial charge is 0.260 e. The summed E-state index contributed by atoms with van der Waals surface area (Å²) in [5.74, 6) is 0.513. The molecule has 1 aromatic heterocycles. The molecule has 0 radical (unpaired) electrons. The Bertz CT molecular complexity index is 854. The monoisotopic (exact) mass is 476 g/mol. The van der Waals surface area contributed by atoms with Crippen LogP contribution in [0.1, 0.15) is 79.1 Å². The lowest BCUT2D eigenvalue weighted by atomic mass is 10.2. The zero-order chi connectivity index (χ0) is 24.1. The Morgan fingerprint density at radius 1 is 0.970 bits per heavy atom. The van der Waals surface area contributed by atoms with Gasteiger partial charge in [-0.15, -0.1) is 0 Å². The van der Waals surface area contributed by atoms with Gasteiger partial charge < -0.3 is 14.5 Å². The second-order valence-corrected chi connectivity index (χ2v) is 9.49. The Morgan fingerprint density at radius 3 is 2.09 bits per heavy atom. The largest absolute Gasteiger partial charge is 0.481 e. The summed E-state index contributed by atoms with van der Waals surface area (Å²) in [7, 11) is 0.